The van der Waals surface area contributed by atoms with Gasteiger partial charge in [0.1, 0.15) is 8.07 Å². The van der Waals surface area contributed by atoms with Crippen molar-refractivity contribution in [2.24, 2.45) is 11.3 Å². The molecule has 0 aromatic carbocycles. The molecule has 0 aliphatic heterocycles. The molecule has 4 heteroatoms. The predicted octanol–water partition coefficient (Wildman–Crippen LogP) is 2.84. The predicted molar refractivity (Wildman–Crippen MR) is 81.3 cm³/mol. The van der Waals surface area contributed by atoms with Crippen LogP contribution < -0.4 is 0 Å². The van der Waals surface area contributed by atoms with Crippen LogP contribution in [0.2, 0.25) is 19.6 Å². The monoisotopic (exact) mass is 284 g/mol. The number of hydrogen-bond donors (Lipinski definition) is 1. The van der Waals surface area contributed by atoms with E-state index in [2.05, 4.69) is 31.1 Å². The third-order valence-electron chi connectivity index (χ3n) is 2.56. The Morgan fingerprint density at radius 3 is 2.11 bits per heavy atom. The molecule has 3 nitrogen and oxygen atoms in total. The van der Waals surface area contributed by atoms with Gasteiger partial charge in [0, 0.05) is 0 Å². The summed E-state index contributed by atoms with van der Waals surface area (Å²) < 4.78 is 5.18. The second-order valence-corrected chi connectivity index (χ2v) is 12.3. The molecule has 0 amide bonds. The summed E-state index contributed by atoms with van der Waals surface area (Å²) in [6, 6.07) is 0. The topological polar surface area (TPSA) is 46.5 Å². The van der Waals surface area contributed by atoms with E-state index in [0.29, 0.717) is 0 Å². The van der Waals surface area contributed by atoms with Crippen LogP contribution in [-0.2, 0) is 9.53 Å². The molecule has 0 fully saturated rings. The second kappa shape index (κ2) is 6.11. The van der Waals surface area contributed by atoms with E-state index in [-0.39, 0.29) is 12.0 Å². The van der Waals surface area contributed by atoms with Crippen molar-refractivity contribution in [3.8, 4) is 11.5 Å². The van der Waals surface area contributed by atoms with E-state index in [4.69, 9.17) is 4.74 Å². The molecule has 2 atom stereocenters. The molecule has 1 N–H and O–H groups in total. The van der Waals surface area contributed by atoms with Crippen LogP contribution in [0.15, 0.2) is 0 Å². The lowest BCUT2D eigenvalue weighted by molar-refractivity contribution is -0.169. The average Bonchev–Trinajstić information content (AvgIpc) is 2.20. The molecular formula is C15H28O3Si. The second-order valence-electron chi connectivity index (χ2n) is 7.53. The number of hydrogen-bond acceptors (Lipinski definition) is 3. The molecule has 2 unspecified atom stereocenters. The van der Waals surface area contributed by atoms with Gasteiger partial charge in [-0.05, 0) is 19.3 Å². The maximum absolute atomic E-state index is 11.9. The van der Waals surface area contributed by atoms with E-state index in [9.17, 15) is 9.90 Å². The van der Waals surface area contributed by atoms with Crippen LogP contribution in [-0.4, -0.2) is 31.4 Å². The molecule has 19 heavy (non-hydrogen) atoms. The largest absolute Gasteiger partial charge is 0.463 e. The van der Waals surface area contributed by atoms with E-state index in [1.165, 1.54) is 6.92 Å². The van der Waals surface area contributed by atoms with Gasteiger partial charge >= 0.3 is 5.97 Å². The van der Waals surface area contributed by atoms with Gasteiger partial charge in [0.2, 0.25) is 0 Å². The van der Waals surface area contributed by atoms with Crippen molar-refractivity contribution < 1.29 is 14.6 Å². The molecule has 0 aliphatic rings. The molecule has 0 aromatic rings. The number of carbonyl (C=O) groups excluding carboxylic acids is 1. The van der Waals surface area contributed by atoms with Crippen molar-refractivity contribution in [2.75, 3.05) is 6.61 Å². The maximum Gasteiger partial charge on any atom is 0.339 e. The molecule has 0 heterocycles. The van der Waals surface area contributed by atoms with Crippen LogP contribution in [0.5, 0.6) is 0 Å². The van der Waals surface area contributed by atoms with Gasteiger partial charge in [-0.25, -0.2) is 4.79 Å². The minimum Gasteiger partial charge on any atom is -0.463 e. The summed E-state index contributed by atoms with van der Waals surface area (Å²) in [6.45, 7) is 15.8. The summed E-state index contributed by atoms with van der Waals surface area (Å²) in [5.74, 6) is 1.97. The summed E-state index contributed by atoms with van der Waals surface area (Å²) in [5.41, 5.74) is 1.51. The van der Waals surface area contributed by atoms with Gasteiger partial charge in [-0.1, -0.05) is 40.4 Å². The normalized spacial score (nSPS) is 16.9. The lowest BCUT2D eigenvalue weighted by Gasteiger charge is -2.27. The van der Waals surface area contributed by atoms with Gasteiger partial charge in [0.15, 0.2) is 5.60 Å². The lowest BCUT2D eigenvalue weighted by Crippen LogP contribution is -2.43. The zero-order valence-corrected chi connectivity index (χ0v) is 14.5. The fourth-order valence-electron chi connectivity index (χ4n) is 1.07. The molecule has 0 rings (SSSR count). The van der Waals surface area contributed by atoms with Gasteiger partial charge < -0.3 is 9.84 Å². The van der Waals surface area contributed by atoms with Gasteiger partial charge in [0.25, 0.3) is 0 Å². The Hall–Kier alpha value is -0.793. The Morgan fingerprint density at radius 2 is 1.74 bits per heavy atom. The highest BCUT2D eigenvalue weighted by Crippen LogP contribution is 2.21. The number of rotatable bonds is 3. The van der Waals surface area contributed by atoms with Crippen molar-refractivity contribution in [1.82, 2.24) is 0 Å². The molecule has 0 saturated carbocycles. The highest BCUT2D eigenvalue weighted by molar-refractivity contribution is 6.83. The van der Waals surface area contributed by atoms with Crippen LogP contribution in [0.1, 0.15) is 34.6 Å². The number of aliphatic hydroxyl groups is 1. The Balaban J connectivity index is 4.76. The van der Waals surface area contributed by atoms with Crippen molar-refractivity contribution in [1.29, 1.82) is 0 Å². The minimum absolute atomic E-state index is 0.112. The van der Waals surface area contributed by atoms with Crippen molar-refractivity contribution in [3.63, 3.8) is 0 Å². The van der Waals surface area contributed by atoms with Crippen LogP contribution in [0.25, 0.3) is 0 Å². The van der Waals surface area contributed by atoms with Crippen LogP contribution in [0.3, 0.4) is 0 Å². The van der Waals surface area contributed by atoms with Crippen molar-refractivity contribution in [3.05, 3.63) is 0 Å². The van der Waals surface area contributed by atoms with Gasteiger partial charge in [-0.15, -0.1) is 11.5 Å². The van der Waals surface area contributed by atoms with Crippen molar-refractivity contribution in [2.45, 2.75) is 59.9 Å². The summed E-state index contributed by atoms with van der Waals surface area (Å²) in [7, 11) is -1.51. The molecule has 0 spiro atoms. The van der Waals surface area contributed by atoms with E-state index in [1.807, 2.05) is 20.8 Å². The SMILES string of the molecule is CC(C#C[Si](C)(C)C)C(C)(O)C(=O)OCC(C)(C)C. The lowest BCUT2D eigenvalue weighted by atomic mass is 9.91. The summed E-state index contributed by atoms with van der Waals surface area (Å²) in [5, 5.41) is 10.3. The minimum atomic E-state index is -1.56. The number of ether oxygens (including phenoxy) is 1. The third-order valence-corrected chi connectivity index (χ3v) is 3.45. The zero-order chi connectivity index (χ0) is 15.5. The fourth-order valence-corrected chi connectivity index (χ4v) is 1.72. The summed E-state index contributed by atoms with van der Waals surface area (Å²) in [6.07, 6.45) is 0. The highest BCUT2D eigenvalue weighted by Gasteiger charge is 2.38. The Morgan fingerprint density at radius 1 is 1.26 bits per heavy atom. The summed E-state index contributed by atoms with van der Waals surface area (Å²) >= 11 is 0. The fraction of sp³-hybridized carbons (Fsp3) is 0.800. The Labute approximate surface area is 118 Å². The van der Waals surface area contributed by atoms with Gasteiger partial charge in [0.05, 0.1) is 12.5 Å². The molecule has 0 saturated heterocycles. The van der Waals surface area contributed by atoms with Crippen LogP contribution in [0.4, 0.5) is 0 Å². The third kappa shape index (κ3) is 7.39. The Kier molecular flexibility index (Phi) is 5.85. The smallest absolute Gasteiger partial charge is 0.339 e. The number of esters is 1. The van der Waals surface area contributed by atoms with Gasteiger partial charge in [-0.2, -0.15) is 0 Å². The average molecular weight is 284 g/mol. The first-order valence-corrected chi connectivity index (χ1v) is 10.2. The van der Waals surface area contributed by atoms with E-state index in [1.54, 1.807) is 6.92 Å². The standard InChI is InChI=1S/C15H28O3Si/c1-12(9-10-19(6,7)8)15(5,17)13(16)18-11-14(2,3)4/h12,17H,11H2,1-8H3. The Bertz CT molecular complexity index is 375. The van der Waals surface area contributed by atoms with E-state index >= 15 is 0 Å². The molecule has 0 radical (unpaired) electrons. The first-order valence-electron chi connectivity index (χ1n) is 6.68. The summed E-state index contributed by atoms with van der Waals surface area (Å²) in [4.78, 5) is 11.9. The molecule has 0 aliphatic carbocycles. The maximum atomic E-state index is 11.9. The van der Waals surface area contributed by atoms with Crippen LogP contribution in [0, 0.1) is 22.8 Å². The molecule has 0 aromatic heterocycles. The van der Waals surface area contributed by atoms with E-state index in [0.717, 1.165) is 0 Å². The van der Waals surface area contributed by atoms with E-state index < -0.39 is 25.6 Å². The molecular weight excluding hydrogens is 256 g/mol. The first kappa shape index (κ1) is 18.2. The quantitative estimate of drug-likeness (QED) is 0.492. The molecule has 0 bridgehead atoms. The van der Waals surface area contributed by atoms with Crippen LogP contribution >= 0.6 is 0 Å². The zero-order valence-electron chi connectivity index (χ0n) is 13.5. The van der Waals surface area contributed by atoms with Crippen molar-refractivity contribution >= 4 is 14.0 Å². The molecule has 110 valence electrons. The number of carbonyl (C=O) groups is 1. The van der Waals surface area contributed by atoms with Gasteiger partial charge in [-0.3, -0.25) is 0 Å². The first-order chi connectivity index (χ1) is 8.26. The highest BCUT2D eigenvalue weighted by atomic mass is 28.3.